The Hall–Kier alpha value is -2.83. The van der Waals surface area contributed by atoms with Gasteiger partial charge in [-0.2, -0.15) is 9.29 Å². The number of nitro benzene ring substituents is 1. The molecule has 0 amide bonds. The van der Waals surface area contributed by atoms with Crippen molar-refractivity contribution in [1.29, 1.82) is 0 Å². The summed E-state index contributed by atoms with van der Waals surface area (Å²) >= 11 is 1.32. The lowest BCUT2D eigenvalue weighted by molar-refractivity contribution is -0.384. The molecule has 4 rings (SSSR count). The molecule has 0 saturated carbocycles. The summed E-state index contributed by atoms with van der Waals surface area (Å²) in [5, 5.41) is 15.4. The molecular weight excluding hydrogens is 442 g/mol. The Balaban J connectivity index is 1.40. The van der Waals surface area contributed by atoms with E-state index in [1.807, 2.05) is 0 Å². The topological polar surface area (TPSA) is 132 Å². The van der Waals surface area contributed by atoms with Crippen LogP contribution in [0.5, 0.6) is 0 Å². The highest BCUT2D eigenvalue weighted by atomic mass is 32.2. The molecule has 12 heteroatoms. The van der Waals surface area contributed by atoms with Crippen molar-refractivity contribution in [3.8, 4) is 11.4 Å². The third kappa shape index (κ3) is 4.92. The Kier molecular flexibility index (Phi) is 6.30. The number of pyridine rings is 1. The van der Waals surface area contributed by atoms with Crippen molar-refractivity contribution in [2.45, 2.75) is 34.9 Å². The number of thioether (sulfide) groups is 1. The highest BCUT2D eigenvalue weighted by Gasteiger charge is 2.26. The fourth-order valence-corrected chi connectivity index (χ4v) is 5.33. The molecule has 3 aromatic rings. The maximum Gasteiger partial charge on any atom is 0.270 e. The molecule has 0 bridgehead atoms. The van der Waals surface area contributed by atoms with E-state index in [4.69, 9.17) is 4.52 Å². The van der Waals surface area contributed by atoms with Gasteiger partial charge in [0.2, 0.25) is 21.7 Å². The van der Waals surface area contributed by atoms with Gasteiger partial charge in [-0.3, -0.25) is 10.1 Å². The largest absolute Gasteiger partial charge is 0.338 e. The van der Waals surface area contributed by atoms with Crippen LogP contribution in [0.1, 0.15) is 25.2 Å². The second-order valence-corrected chi connectivity index (χ2v) is 9.84. The second kappa shape index (κ2) is 9.12. The summed E-state index contributed by atoms with van der Waals surface area (Å²) in [6.07, 6.45) is 4.18. The smallest absolute Gasteiger partial charge is 0.270 e. The maximum atomic E-state index is 12.7. The summed E-state index contributed by atoms with van der Waals surface area (Å²) in [6.45, 7) is 1.09. The van der Waals surface area contributed by atoms with Crippen molar-refractivity contribution in [2.24, 2.45) is 0 Å². The molecule has 0 spiro atoms. The molecule has 2 aromatic heterocycles. The van der Waals surface area contributed by atoms with E-state index in [0.29, 0.717) is 35.3 Å². The molecule has 0 atom stereocenters. The van der Waals surface area contributed by atoms with E-state index in [2.05, 4.69) is 15.1 Å². The standard InChI is InChI=1S/C19H19N5O5S2/c25-24(26)15-6-4-5-14(11-15)19-21-17(29-22-19)13-30-18-8-7-16(12-20-18)31(27,28)23-9-2-1-3-10-23/h4-8,11-12H,1-3,9-10,13H2. The third-order valence-electron chi connectivity index (χ3n) is 4.79. The van der Waals surface area contributed by atoms with Crippen LogP contribution < -0.4 is 0 Å². The highest BCUT2D eigenvalue weighted by Crippen LogP contribution is 2.26. The summed E-state index contributed by atoms with van der Waals surface area (Å²) in [6, 6.07) is 9.20. The van der Waals surface area contributed by atoms with Crippen LogP contribution in [-0.4, -0.2) is 45.9 Å². The lowest BCUT2D eigenvalue weighted by Gasteiger charge is -2.25. The van der Waals surface area contributed by atoms with Crippen molar-refractivity contribution in [2.75, 3.05) is 13.1 Å². The van der Waals surface area contributed by atoms with Crippen LogP contribution in [0.4, 0.5) is 5.69 Å². The molecule has 1 fully saturated rings. The van der Waals surface area contributed by atoms with Crippen molar-refractivity contribution in [1.82, 2.24) is 19.4 Å². The molecule has 0 radical (unpaired) electrons. The van der Waals surface area contributed by atoms with Crippen LogP contribution in [0.2, 0.25) is 0 Å². The predicted molar refractivity (Wildman–Crippen MR) is 113 cm³/mol. The van der Waals surface area contributed by atoms with Gasteiger partial charge >= 0.3 is 0 Å². The number of rotatable bonds is 7. The zero-order valence-electron chi connectivity index (χ0n) is 16.4. The first-order chi connectivity index (χ1) is 14.9. The Bertz CT molecular complexity index is 1170. The number of nitro groups is 1. The Morgan fingerprint density at radius 1 is 1.16 bits per heavy atom. The average Bonchev–Trinajstić information content (AvgIpc) is 3.28. The Morgan fingerprint density at radius 3 is 2.68 bits per heavy atom. The number of non-ortho nitro benzene ring substituents is 1. The van der Waals surface area contributed by atoms with Crippen LogP contribution in [0.15, 0.2) is 57.0 Å². The van der Waals surface area contributed by atoms with E-state index in [1.54, 1.807) is 24.3 Å². The average molecular weight is 462 g/mol. The number of benzene rings is 1. The second-order valence-electron chi connectivity index (χ2n) is 6.90. The Labute approximate surface area is 182 Å². The number of piperidine rings is 1. The number of hydrogen-bond donors (Lipinski definition) is 0. The molecule has 1 aliphatic heterocycles. The molecule has 0 N–H and O–H groups in total. The molecule has 162 valence electrons. The van der Waals surface area contributed by atoms with Gasteiger partial charge in [0, 0.05) is 37.0 Å². The first kappa shape index (κ1) is 21.4. The molecule has 1 aromatic carbocycles. The first-order valence-corrected chi connectivity index (χ1v) is 12.0. The van der Waals surface area contributed by atoms with Crippen molar-refractivity contribution >= 4 is 27.5 Å². The number of nitrogens with zero attached hydrogens (tertiary/aromatic N) is 5. The van der Waals surface area contributed by atoms with Gasteiger partial charge < -0.3 is 4.52 Å². The van der Waals surface area contributed by atoms with E-state index in [1.165, 1.54) is 34.4 Å². The van der Waals surface area contributed by atoms with Crippen LogP contribution in [0.3, 0.4) is 0 Å². The van der Waals surface area contributed by atoms with Gasteiger partial charge in [-0.05, 0) is 25.0 Å². The molecular formula is C19H19N5O5S2. The number of sulfonamides is 1. The lowest BCUT2D eigenvalue weighted by atomic mass is 10.2. The van der Waals surface area contributed by atoms with Crippen molar-refractivity contribution in [3.63, 3.8) is 0 Å². The van der Waals surface area contributed by atoms with Gasteiger partial charge in [-0.1, -0.05) is 35.5 Å². The van der Waals surface area contributed by atoms with Crippen LogP contribution in [-0.2, 0) is 15.8 Å². The fraction of sp³-hybridized carbons (Fsp3) is 0.316. The third-order valence-corrected chi connectivity index (χ3v) is 7.60. The first-order valence-electron chi connectivity index (χ1n) is 9.60. The lowest BCUT2D eigenvalue weighted by Crippen LogP contribution is -2.35. The van der Waals surface area contributed by atoms with E-state index in [0.717, 1.165) is 19.3 Å². The van der Waals surface area contributed by atoms with Crippen LogP contribution in [0, 0.1) is 10.1 Å². The van der Waals surface area contributed by atoms with Gasteiger partial charge in [0.1, 0.15) is 4.90 Å². The molecule has 1 aliphatic rings. The molecule has 10 nitrogen and oxygen atoms in total. The highest BCUT2D eigenvalue weighted by molar-refractivity contribution is 7.98. The minimum Gasteiger partial charge on any atom is -0.338 e. The summed E-state index contributed by atoms with van der Waals surface area (Å²) in [5.74, 6) is 0.918. The molecule has 1 saturated heterocycles. The van der Waals surface area contributed by atoms with Gasteiger partial charge in [0.15, 0.2) is 0 Å². The molecule has 31 heavy (non-hydrogen) atoms. The number of aromatic nitrogens is 3. The normalized spacial score (nSPS) is 15.1. The summed E-state index contributed by atoms with van der Waals surface area (Å²) in [5.41, 5.74) is 0.432. The van der Waals surface area contributed by atoms with Crippen molar-refractivity contribution in [3.05, 3.63) is 58.6 Å². The van der Waals surface area contributed by atoms with Gasteiger partial charge in [-0.25, -0.2) is 13.4 Å². The minimum absolute atomic E-state index is 0.0537. The molecule has 3 heterocycles. The van der Waals surface area contributed by atoms with Gasteiger partial charge in [0.25, 0.3) is 5.69 Å². The maximum absolute atomic E-state index is 12.7. The minimum atomic E-state index is -3.51. The van der Waals surface area contributed by atoms with E-state index < -0.39 is 14.9 Å². The zero-order chi connectivity index (χ0) is 21.8. The summed E-state index contributed by atoms with van der Waals surface area (Å²) in [7, 11) is -3.51. The zero-order valence-corrected chi connectivity index (χ0v) is 18.0. The summed E-state index contributed by atoms with van der Waals surface area (Å²) in [4.78, 5) is 19.1. The predicted octanol–water partition coefficient (Wildman–Crippen LogP) is 3.51. The number of hydrogen-bond acceptors (Lipinski definition) is 9. The summed E-state index contributed by atoms with van der Waals surface area (Å²) < 4.78 is 32.1. The van der Waals surface area contributed by atoms with Gasteiger partial charge in [0.05, 0.1) is 15.7 Å². The van der Waals surface area contributed by atoms with E-state index >= 15 is 0 Å². The monoisotopic (exact) mass is 461 g/mol. The van der Waals surface area contributed by atoms with Crippen LogP contribution in [0.25, 0.3) is 11.4 Å². The van der Waals surface area contributed by atoms with E-state index in [-0.39, 0.29) is 16.4 Å². The SMILES string of the molecule is O=[N+]([O-])c1cccc(-c2noc(CSc3ccc(S(=O)(=O)N4CCCCC4)cn3)n2)c1. The van der Waals surface area contributed by atoms with Gasteiger partial charge in [-0.15, -0.1) is 0 Å². The molecule has 0 aliphatic carbocycles. The quantitative estimate of drug-likeness (QED) is 0.294. The van der Waals surface area contributed by atoms with E-state index in [9.17, 15) is 18.5 Å². The van der Waals surface area contributed by atoms with Crippen molar-refractivity contribution < 1.29 is 17.9 Å². The van der Waals surface area contributed by atoms with Crippen LogP contribution >= 0.6 is 11.8 Å². The molecule has 0 unspecified atom stereocenters. The Morgan fingerprint density at radius 2 is 1.97 bits per heavy atom. The fourth-order valence-electron chi connectivity index (χ4n) is 3.18.